The molecular formula is C16H14F2N2O3. The van der Waals surface area contributed by atoms with Gasteiger partial charge < -0.3 is 15.4 Å². The van der Waals surface area contributed by atoms with Gasteiger partial charge in [-0.3, -0.25) is 9.59 Å². The lowest BCUT2D eigenvalue weighted by molar-refractivity contribution is -0.115. The van der Waals surface area contributed by atoms with Crippen molar-refractivity contribution < 1.29 is 23.1 Å². The summed E-state index contributed by atoms with van der Waals surface area (Å²) in [6, 6.07) is 9.26. The summed E-state index contributed by atoms with van der Waals surface area (Å²) < 4.78 is 31.2. The van der Waals surface area contributed by atoms with Crippen LogP contribution in [0.5, 0.6) is 5.75 Å². The Bertz CT molecular complexity index is 735. The number of benzene rings is 2. The summed E-state index contributed by atoms with van der Waals surface area (Å²) in [6.07, 6.45) is 0. The smallest absolute Gasteiger partial charge is 0.254 e. The second-order valence-electron chi connectivity index (χ2n) is 4.59. The van der Waals surface area contributed by atoms with Gasteiger partial charge in [0.2, 0.25) is 5.91 Å². The van der Waals surface area contributed by atoms with E-state index < -0.39 is 23.4 Å². The van der Waals surface area contributed by atoms with E-state index in [4.69, 9.17) is 4.74 Å². The molecule has 0 radical (unpaired) electrons. The number of hydrogen-bond acceptors (Lipinski definition) is 3. The molecule has 23 heavy (non-hydrogen) atoms. The van der Waals surface area contributed by atoms with Crippen molar-refractivity contribution in [3.8, 4) is 5.75 Å². The molecule has 2 rings (SSSR count). The summed E-state index contributed by atoms with van der Waals surface area (Å²) >= 11 is 0. The fourth-order valence-electron chi connectivity index (χ4n) is 1.84. The molecule has 0 heterocycles. The molecule has 0 bridgehead atoms. The number of carbonyl (C=O) groups excluding carboxylic acids is 2. The minimum atomic E-state index is -0.990. The fourth-order valence-corrected chi connectivity index (χ4v) is 1.84. The second kappa shape index (κ2) is 7.35. The Balaban J connectivity index is 1.92. The van der Waals surface area contributed by atoms with Gasteiger partial charge in [-0.2, -0.15) is 0 Å². The van der Waals surface area contributed by atoms with Crippen molar-refractivity contribution in [1.82, 2.24) is 5.32 Å². The Morgan fingerprint density at radius 3 is 2.61 bits per heavy atom. The molecule has 0 saturated carbocycles. The monoisotopic (exact) mass is 320 g/mol. The molecular weight excluding hydrogens is 306 g/mol. The van der Waals surface area contributed by atoms with E-state index in [0.29, 0.717) is 17.5 Å². The molecule has 0 fully saturated rings. The van der Waals surface area contributed by atoms with Gasteiger partial charge in [0.25, 0.3) is 5.91 Å². The van der Waals surface area contributed by atoms with Crippen molar-refractivity contribution in [2.45, 2.75) is 0 Å². The van der Waals surface area contributed by atoms with Crippen molar-refractivity contribution in [3.63, 3.8) is 0 Å². The largest absolute Gasteiger partial charge is 0.497 e. The Morgan fingerprint density at radius 2 is 1.91 bits per heavy atom. The number of carbonyl (C=O) groups is 2. The maximum Gasteiger partial charge on any atom is 0.254 e. The van der Waals surface area contributed by atoms with Crippen LogP contribution < -0.4 is 15.4 Å². The number of amides is 2. The molecule has 0 spiro atoms. The SMILES string of the molecule is COc1cccc(NC(=O)CNC(=O)c2ccc(F)cc2F)c1. The highest BCUT2D eigenvalue weighted by molar-refractivity contribution is 5.99. The summed E-state index contributed by atoms with van der Waals surface area (Å²) in [7, 11) is 1.50. The van der Waals surface area contributed by atoms with E-state index in [1.807, 2.05) is 0 Å². The molecule has 0 aliphatic heterocycles. The lowest BCUT2D eigenvalue weighted by Crippen LogP contribution is -2.33. The van der Waals surface area contributed by atoms with E-state index in [2.05, 4.69) is 10.6 Å². The summed E-state index contributed by atoms with van der Waals surface area (Å²) in [5.41, 5.74) is 0.164. The van der Waals surface area contributed by atoms with Crippen LogP contribution in [0.2, 0.25) is 0 Å². The normalized spacial score (nSPS) is 10.0. The summed E-state index contributed by atoms with van der Waals surface area (Å²) in [6.45, 7) is -0.354. The van der Waals surface area contributed by atoms with Crippen LogP contribution in [0.4, 0.5) is 14.5 Å². The molecule has 2 aromatic carbocycles. The zero-order chi connectivity index (χ0) is 16.8. The van der Waals surface area contributed by atoms with Gasteiger partial charge in [0.05, 0.1) is 19.2 Å². The van der Waals surface area contributed by atoms with Crippen LogP contribution in [0.15, 0.2) is 42.5 Å². The first-order valence-electron chi connectivity index (χ1n) is 6.67. The molecule has 0 aliphatic carbocycles. The van der Waals surface area contributed by atoms with Crippen molar-refractivity contribution in [1.29, 1.82) is 0 Å². The minimum Gasteiger partial charge on any atom is -0.497 e. The molecule has 2 amide bonds. The maximum absolute atomic E-state index is 13.4. The number of halogens is 2. The summed E-state index contributed by atoms with van der Waals surface area (Å²) in [5.74, 6) is -2.50. The van der Waals surface area contributed by atoms with Crippen LogP contribution in [0.3, 0.4) is 0 Å². The molecule has 0 aromatic heterocycles. The lowest BCUT2D eigenvalue weighted by Gasteiger charge is -2.08. The Labute approximate surface area is 131 Å². The molecule has 0 saturated heterocycles. The number of methoxy groups -OCH3 is 1. The first kappa shape index (κ1) is 16.4. The van der Waals surface area contributed by atoms with Crippen molar-refractivity contribution in [3.05, 3.63) is 59.7 Å². The van der Waals surface area contributed by atoms with Gasteiger partial charge in [0.15, 0.2) is 0 Å². The number of ether oxygens (including phenoxy) is 1. The van der Waals surface area contributed by atoms with E-state index in [9.17, 15) is 18.4 Å². The number of rotatable bonds is 5. The molecule has 0 unspecified atom stereocenters. The van der Waals surface area contributed by atoms with Gasteiger partial charge in [-0.1, -0.05) is 6.07 Å². The van der Waals surface area contributed by atoms with E-state index in [0.717, 1.165) is 12.1 Å². The van der Waals surface area contributed by atoms with Crippen LogP contribution in [0.1, 0.15) is 10.4 Å². The molecule has 2 N–H and O–H groups in total. The predicted octanol–water partition coefficient (Wildman–Crippen LogP) is 2.34. The summed E-state index contributed by atoms with van der Waals surface area (Å²) in [4.78, 5) is 23.5. The third-order valence-electron chi connectivity index (χ3n) is 2.94. The minimum absolute atomic E-state index is 0.333. The topological polar surface area (TPSA) is 67.4 Å². The molecule has 5 nitrogen and oxygen atoms in total. The van der Waals surface area contributed by atoms with Gasteiger partial charge in [-0.05, 0) is 24.3 Å². The van der Waals surface area contributed by atoms with E-state index in [-0.39, 0.29) is 12.1 Å². The highest BCUT2D eigenvalue weighted by atomic mass is 19.1. The molecule has 7 heteroatoms. The standard InChI is InChI=1S/C16H14F2N2O3/c1-23-12-4-2-3-11(8-12)20-15(21)9-19-16(22)13-6-5-10(17)7-14(13)18/h2-8H,9H2,1H3,(H,19,22)(H,20,21). The highest BCUT2D eigenvalue weighted by Crippen LogP contribution is 2.16. The van der Waals surface area contributed by atoms with Crippen molar-refractivity contribution in [2.75, 3.05) is 19.0 Å². The Hall–Kier alpha value is -2.96. The highest BCUT2D eigenvalue weighted by Gasteiger charge is 2.13. The molecule has 0 atom stereocenters. The Kier molecular flexibility index (Phi) is 5.24. The fraction of sp³-hybridized carbons (Fsp3) is 0.125. The van der Waals surface area contributed by atoms with Crippen LogP contribution in [0, 0.1) is 11.6 Å². The number of anilines is 1. The molecule has 120 valence electrons. The Morgan fingerprint density at radius 1 is 1.13 bits per heavy atom. The summed E-state index contributed by atoms with van der Waals surface area (Å²) in [5, 5.41) is 4.82. The van der Waals surface area contributed by atoms with Gasteiger partial charge in [0, 0.05) is 17.8 Å². The van der Waals surface area contributed by atoms with Gasteiger partial charge >= 0.3 is 0 Å². The quantitative estimate of drug-likeness (QED) is 0.888. The van der Waals surface area contributed by atoms with Crippen LogP contribution in [0.25, 0.3) is 0 Å². The lowest BCUT2D eigenvalue weighted by atomic mass is 10.2. The average Bonchev–Trinajstić information content (AvgIpc) is 2.53. The second-order valence-corrected chi connectivity index (χ2v) is 4.59. The third-order valence-corrected chi connectivity index (χ3v) is 2.94. The zero-order valence-electron chi connectivity index (χ0n) is 12.2. The maximum atomic E-state index is 13.4. The number of nitrogens with one attached hydrogen (secondary N) is 2. The van der Waals surface area contributed by atoms with Gasteiger partial charge in [-0.15, -0.1) is 0 Å². The average molecular weight is 320 g/mol. The van der Waals surface area contributed by atoms with Gasteiger partial charge in [0.1, 0.15) is 17.4 Å². The number of hydrogen-bond donors (Lipinski definition) is 2. The predicted molar refractivity (Wildman–Crippen MR) is 80.3 cm³/mol. The van der Waals surface area contributed by atoms with Crippen molar-refractivity contribution >= 4 is 17.5 Å². The van der Waals surface area contributed by atoms with Crippen molar-refractivity contribution in [2.24, 2.45) is 0 Å². The first-order chi connectivity index (χ1) is 11.0. The molecule has 0 aliphatic rings. The third kappa shape index (κ3) is 4.50. The van der Waals surface area contributed by atoms with E-state index in [1.165, 1.54) is 7.11 Å². The van der Waals surface area contributed by atoms with Crippen LogP contribution >= 0.6 is 0 Å². The first-order valence-corrected chi connectivity index (χ1v) is 6.67. The zero-order valence-corrected chi connectivity index (χ0v) is 12.2. The van der Waals surface area contributed by atoms with E-state index in [1.54, 1.807) is 24.3 Å². The van der Waals surface area contributed by atoms with Gasteiger partial charge in [-0.25, -0.2) is 8.78 Å². The van der Waals surface area contributed by atoms with E-state index >= 15 is 0 Å². The van der Waals surface area contributed by atoms with Crippen LogP contribution in [-0.2, 0) is 4.79 Å². The molecule has 2 aromatic rings. The van der Waals surface area contributed by atoms with Crippen LogP contribution in [-0.4, -0.2) is 25.5 Å².